The first-order valence-corrected chi connectivity index (χ1v) is 8.43. The van der Waals surface area contributed by atoms with E-state index in [2.05, 4.69) is 15.6 Å². The molecule has 1 saturated heterocycles. The van der Waals surface area contributed by atoms with E-state index in [-0.39, 0.29) is 18.0 Å². The minimum atomic E-state index is -4.49. The van der Waals surface area contributed by atoms with Gasteiger partial charge < -0.3 is 10.2 Å². The number of amides is 2. The van der Waals surface area contributed by atoms with Crippen LogP contribution in [0, 0.1) is 0 Å². The van der Waals surface area contributed by atoms with Gasteiger partial charge >= 0.3 is 6.18 Å². The van der Waals surface area contributed by atoms with Gasteiger partial charge in [-0.25, -0.2) is 4.99 Å². The lowest BCUT2D eigenvalue weighted by molar-refractivity contribution is -0.137. The SMILES string of the molecule is O=C1CC(C(=O)Nc2cccc(C(F)(F)F)c2)N=C(N2CCCCC2)N1. The summed E-state index contributed by atoms with van der Waals surface area (Å²) in [5.41, 5.74) is -0.834. The molecular weight excluding hydrogens is 349 g/mol. The molecule has 1 fully saturated rings. The van der Waals surface area contributed by atoms with Gasteiger partial charge in [-0.2, -0.15) is 13.2 Å². The van der Waals surface area contributed by atoms with Crippen molar-refractivity contribution >= 4 is 23.5 Å². The maximum atomic E-state index is 12.8. The summed E-state index contributed by atoms with van der Waals surface area (Å²) in [6.07, 6.45) is -1.56. The zero-order valence-corrected chi connectivity index (χ0v) is 14.0. The van der Waals surface area contributed by atoms with Crippen molar-refractivity contribution in [2.45, 2.75) is 37.9 Å². The summed E-state index contributed by atoms with van der Waals surface area (Å²) in [6, 6.07) is 3.40. The second kappa shape index (κ2) is 7.35. The molecule has 26 heavy (non-hydrogen) atoms. The monoisotopic (exact) mass is 368 g/mol. The first kappa shape index (κ1) is 18.2. The predicted molar refractivity (Wildman–Crippen MR) is 89.5 cm³/mol. The number of alkyl halides is 3. The molecule has 3 rings (SSSR count). The molecule has 2 amide bonds. The maximum absolute atomic E-state index is 12.8. The van der Waals surface area contributed by atoms with Crippen LogP contribution in [0.3, 0.4) is 0 Å². The molecule has 1 unspecified atom stereocenters. The summed E-state index contributed by atoms with van der Waals surface area (Å²) in [5.74, 6) is -0.566. The molecule has 1 atom stereocenters. The quantitative estimate of drug-likeness (QED) is 0.842. The van der Waals surface area contributed by atoms with Crippen LogP contribution in [-0.2, 0) is 15.8 Å². The third kappa shape index (κ3) is 4.33. The summed E-state index contributed by atoms with van der Waals surface area (Å²) in [5, 5.41) is 5.10. The topological polar surface area (TPSA) is 73.8 Å². The number of nitrogens with zero attached hydrogens (tertiary/aromatic N) is 2. The Morgan fingerprint density at radius 1 is 1.23 bits per heavy atom. The van der Waals surface area contributed by atoms with Gasteiger partial charge in [-0.05, 0) is 37.5 Å². The predicted octanol–water partition coefficient (Wildman–Crippen LogP) is 2.37. The molecule has 0 aliphatic carbocycles. The zero-order valence-electron chi connectivity index (χ0n) is 14.0. The van der Waals surface area contributed by atoms with Gasteiger partial charge in [-0.1, -0.05) is 6.07 Å². The maximum Gasteiger partial charge on any atom is 0.416 e. The molecule has 140 valence electrons. The van der Waals surface area contributed by atoms with Crippen molar-refractivity contribution in [3.05, 3.63) is 29.8 Å². The van der Waals surface area contributed by atoms with E-state index in [1.54, 1.807) is 0 Å². The third-order valence-corrected chi connectivity index (χ3v) is 4.32. The van der Waals surface area contributed by atoms with Gasteiger partial charge in [0.25, 0.3) is 0 Å². The molecule has 1 aromatic rings. The summed E-state index contributed by atoms with van der Waals surface area (Å²) in [7, 11) is 0. The van der Waals surface area contributed by atoms with E-state index < -0.39 is 23.7 Å². The highest BCUT2D eigenvalue weighted by atomic mass is 19.4. The van der Waals surface area contributed by atoms with Gasteiger partial charge in [-0.3, -0.25) is 14.9 Å². The van der Waals surface area contributed by atoms with E-state index in [4.69, 9.17) is 0 Å². The molecule has 0 bridgehead atoms. The molecule has 2 aliphatic heterocycles. The summed E-state index contributed by atoms with van der Waals surface area (Å²) >= 11 is 0. The van der Waals surface area contributed by atoms with E-state index in [0.717, 1.165) is 44.5 Å². The van der Waals surface area contributed by atoms with E-state index >= 15 is 0 Å². The molecule has 0 radical (unpaired) electrons. The van der Waals surface area contributed by atoms with E-state index in [1.807, 2.05) is 4.90 Å². The lowest BCUT2D eigenvalue weighted by atomic mass is 10.1. The number of carbonyl (C=O) groups is 2. The number of halogens is 3. The first-order valence-electron chi connectivity index (χ1n) is 8.43. The van der Waals surface area contributed by atoms with E-state index in [9.17, 15) is 22.8 Å². The van der Waals surface area contributed by atoms with Crippen molar-refractivity contribution in [1.82, 2.24) is 10.2 Å². The number of rotatable bonds is 2. The van der Waals surface area contributed by atoms with Gasteiger partial charge in [0, 0.05) is 18.8 Å². The van der Waals surface area contributed by atoms with Crippen LogP contribution in [0.15, 0.2) is 29.3 Å². The number of guanidine groups is 1. The molecule has 9 heteroatoms. The molecule has 2 N–H and O–H groups in total. The van der Waals surface area contributed by atoms with Gasteiger partial charge in [-0.15, -0.1) is 0 Å². The van der Waals surface area contributed by atoms with Crippen LogP contribution < -0.4 is 10.6 Å². The fourth-order valence-corrected chi connectivity index (χ4v) is 2.99. The molecular formula is C17H19F3N4O2. The van der Waals surface area contributed by atoms with Crippen LogP contribution in [-0.4, -0.2) is 41.8 Å². The highest BCUT2D eigenvalue weighted by molar-refractivity contribution is 6.05. The second-order valence-corrected chi connectivity index (χ2v) is 6.34. The molecule has 6 nitrogen and oxygen atoms in total. The average molecular weight is 368 g/mol. The average Bonchev–Trinajstić information content (AvgIpc) is 2.61. The second-order valence-electron chi connectivity index (χ2n) is 6.34. The van der Waals surface area contributed by atoms with Crippen molar-refractivity contribution in [3.8, 4) is 0 Å². The third-order valence-electron chi connectivity index (χ3n) is 4.32. The Balaban J connectivity index is 1.73. The summed E-state index contributed by atoms with van der Waals surface area (Å²) in [4.78, 5) is 30.5. The minimum absolute atomic E-state index is 0.0190. The van der Waals surface area contributed by atoms with Gasteiger partial charge in [0.05, 0.1) is 12.0 Å². The normalized spacial score (nSPS) is 21.0. The van der Waals surface area contributed by atoms with Crippen molar-refractivity contribution in [2.75, 3.05) is 18.4 Å². The van der Waals surface area contributed by atoms with Crippen molar-refractivity contribution in [2.24, 2.45) is 4.99 Å². The molecule has 0 saturated carbocycles. The Bertz CT molecular complexity index is 727. The summed E-state index contributed by atoms with van der Waals surface area (Å²) in [6.45, 7) is 1.50. The van der Waals surface area contributed by atoms with E-state index in [1.165, 1.54) is 12.1 Å². The number of anilines is 1. The first-order chi connectivity index (χ1) is 12.3. The number of likely N-dealkylation sites (tertiary alicyclic amines) is 1. The van der Waals surface area contributed by atoms with Crippen molar-refractivity contribution < 1.29 is 22.8 Å². The van der Waals surface area contributed by atoms with Crippen molar-refractivity contribution in [3.63, 3.8) is 0 Å². The van der Waals surface area contributed by atoms with Crippen LogP contribution in [0.5, 0.6) is 0 Å². The Hall–Kier alpha value is -2.58. The van der Waals surface area contributed by atoms with E-state index in [0.29, 0.717) is 5.96 Å². The van der Waals surface area contributed by atoms with Gasteiger partial charge in [0.15, 0.2) is 0 Å². The highest BCUT2D eigenvalue weighted by Crippen LogP contribution is 2.30. The van der Waals surface area contributed by atoms with Gasteiger partial charge in [0.1, 0.15) is 6.04 Å². The van der Waals surface area contributed by atoms with Crippen LogP contribution in [0.2, 0.25) is 0 Å². The Morgan fingerprint density at radius 3 is 2.65 bits per heavy atom. The molecule has 2 aliphatic rings. The lowest BCUT2D eigenvalue weighted by Gasteiger charge is -2.32. The van der Waals surface area contributed by atoms with Crippen LogP contribution >= 0.6 is 0 Å². The molecule has 2 heterocycles. The number of carbonyl (C=O) groups excluding carboxylic acids is 2. The van der Waals surface area contributed by atoms with Gasteiger partial charge in [0.2, 0.25) is 17.8 Å². The number of nitrogens with one attached hydrogen (secondary N) is 2. The van der Waals surface area contributed by atoms with Crippen LogP contribution in [0.25, 0.3) is 0 Å². The number of benzene rings is 1. The lowest BCUT2D eigenvalue weighted by Crippen LogP contribution is -2.51. The van der Waals surface area contributed by atoms with Crippen LogP contribution in [0.4, 0.5) is 18.9 Å². The smallest absolute Gasteiger partial charge is 0.343 e. The molecule has 0 spiro atoms. The molecule has 0 aromatic heterocycles. The summed E-state index contributed by atoms with van der Waals surface area (Å²) < 4.78 is 38.3. The number of hydrogen-bond donors (Lipinski definition) is 2. The fourth-order valence-electron chi connectivity index (χ4n) is 2.99. The number of hydrogen-bond acceptors (Lipinski definition) is 4. The Kier molecular flexibility index (Phi) is 5.15. The fraction of sp³-hybridized carbons (Fsp3) is 0.471. The van der Waals surface area contributed by atoms with Crippen molar-refractivity contribution in [1.29, 1.82) is 0 Å². The van der Waals surface area contributed by atoms with Crippen LogP contribution in [0.1, 0.15) is 31.2 Å². The Morgan fingerprint density at radius 2 is 1.96 bits per heavy atom. The number of piperidine rings is 1. The Labute approximate surface area is 148 Å². The largest absolute Gasteiger partial charge is 0.416 e. The molecule has 1 aromatic carbocycles. The highest BCUT2D eigenvalue weighted by Gasteiger charge is 2.32. The standard InChI is InChI=1S/C17H19F3N4O2/c18-17(19,20)11-5-4-6-12(9-11)21-15(26)13-10-14(25)23-16(22-13)24-7-2-1-3-8-24/h4-6,9,13H,1-3,7-8,10H2,(H,21,26)(H,22,23,25). The number of aliphatic imine (C=N–C) groups is 1. The minimum Gasteiger partial charge on any atom is -0.343 e. The zero-order chi connectivity index (χ0) is 18.7.